The van der Waals surface area contributed by atoms with Crippen LogP contribution in [0.1, 0.15) is 27.7 Å². The number of thioether (sulfide) groups is 1. The van der Waals surface area contributed by atoms with Gasteiger partial charge in [-0.05, 0) is 27.7 Å². The first-order valence-electron chi connectivity index (χ1n) is 6.31. The van der Waals surface area contributed by atoms with Crippen molar-refractivity contribution in [2.45, 2.75) is 44.7 Å². The molecule has 0 radical (unpaired) electrons. The second-order valence-electron chi connectivity index (χ2n) is 5.30. The predicted octanol–water partition coefficient (Wildman–Crippen LogP) is 1.05. The van der Waals surface area contributed by atoms with Gasteiger partial charge in [0, 0.05) is 12.3 Å². The molecule has 0 aliphatic carbocycles. The van der Waals surface area contributed by atoms with Gasteiger partial charge in [-0.25, -0.2) is 9.59 Å². The van der Waals surface area contributed by atoms with Crippen LogP contribution in [-0.4, -0.2) is 67.9 Å². The fourth-order valence-corrected chi connectivity index (χ4v) is 3.23. The molecule has 1 heterocycles. The summed E-state index contributed by atoms with van der Waals surface area (Å²) in [6.45, 7) is 7.50. The molecule has 0 spiro atoms. The van der Waals surface area contributed by atoms with Crippen molar-refractivity contribution >= 4 is 23.8 Å². The highest BCUT2D eigenvalue weighted by Gasteiger charge is 2.41. The van der Waals surface area contributed by atoms with Gasteiger partial charge in [0.25, 0.3) is 0 Å². The minimum Gasteiger partial charge on any atom is -0.480 e. The Kier molecular flexibility index (Phi) is 5.09. The Balaban J connectivity index is 2.86. The van der Waals surface area contributed by atoms with Gasteiger partial charge in [-0.2, -0.15) is 0 Å². The largest absolute Gasteiger partial charge is 0.480 e. The molecule has 1 aliphatic heterocycles. The maximum absolute atomic E-state index is 12.4. The maximum atomic E-state index is 12.4. The third kappa shape index (κ3) is 4.01. The molecule has 0 aromatic rings. The molecule has 1 aliphatic rings. The van der Waals surface area contributed by atoms with E-state index < -0.39 is 17.6 Å². The van der Waals surface area contributed by atoms with Gasteiger partial charge < -0.3 is 15.1 Å². The lowest BCUT2D eigenvalue weighted by molar-refractivity contribution is -0.141. The van der Waals surface area contributed by atoms with Crippen LogP contribution >= 0.6 is 11.8 Å². The molecule has 1 saturated heterocycles. The zero-order chi connectivity index (χ0) is 14.8. The number of carbonyl (C=O) groups is 2. The predicted molar refractivity (Wildman–Crippen MR) is 74.1 cm³/mol. The van der Waals surface area contributed by atoms with E-state index in [0.29, 0.717) is 12.3 Å². The van der Waals surface area contributed by atoms with Crippen molar-refractivity contribution in [3.05, 3.63) is 0 Å². The molecule has 0 bridgehead atoms. The van der Waals surface area contributed by atoms with E-state index in [4.69, 9.17) is 5.11 Å². The second kappa shape index (κ2) is 6.00. The zero-order valence-electron chi connectivity index (χ0n) is 11.8. The first-order valence-corrected chi connectivity index (χ1v) is 7.36. The van der Waals surface area contributed by atoms with Gasteiger partial charge in [-0.3, -0.25) is 4.90 Å². The summed E-state index contributed by atoms with van der Waals surface area (Å²) in [5.74, 6) is -0.577. The second-order valence-corrected chi connectivity index (χ2v) is 6.65. The molecule has 7 heteroatoms. The Bertz CT molecular complexity index is 356. The highest BCUT2D eigenvalue weighted by molar-refractivity contribution is 8.00. The van der Waals surface area contributed by atoms with E-state index in [9.17, 15) is 14.7 Å². The number of hydrogen-bond acceptors (Lipinski definition) is 4. The van der Waals surface area contributed by atoms with Gasteiger partial charge in [0.05, 0.1) is 17.5 Å². The molecule has 2 amide bonds. The number of urea groups is 1. The van der Waals surface area contributed by atoms with Gasteiger partial charge >= 0.3 is 12.0 Å². The minimum atomic E-state index is -1.000. The number of aliphatic hydroxyl groups is 1. The zero-order valence-corrected chi connectivity index (χ0v) is 12.6. The third-order valence-electron chi connectivity index (χ3n) is 2.96. The van der Waals surface area contributed by atoms with E-state index in [2.05, 4.69) is 0 Å². The van der Waals surface area contributed by atoms with Crippen molar-refractivity contribution in [1.82, 2.24) is 9.80 Å². The summed E-state index contributed by atoms with van der Waals surface area (Å²) in [6, 6.07) is -1.11. The quantitative estimate of drug-likeness (QED) is 0.809. The van der Waals surface area contributed by atoms with E-state index in [1.165, 1.54) is 21.6 Å². The lowest BCUT2D eigenvalue weighted by Gasteiger charge is -2.34. The number of aliphatic carboxylic acids is 1. The van der Waals surface area contributed by atoms with Crippen LogP contribution in [0, 0.1) is 0 Å². The number of rotatable bonds is 4. The van der Waals surface area contributed by atoms with Crippen LogP contribution in [0.4, 0.5) is 4.79 Å². The summed E-state index contributed by atoms with van der Waals surface area (Å²) < 4.78 is 0. The fourth-order valence-electron chi connectivity index (χ4n) is 2.07. The molecule has 0 aromatic heterocycles. The molecule has 1 fully saturated rings. The number of carboxylic acid groups (broad SMARTS) is 1. The monoisotopic (exact) mass is 290 g/mol. The Labute approximate surface area is 117 Å². The van der Waals surface area contributed by atoms with Crippen molar-refractivity contribution in [1.29, 1.82) is 0 Å². The first kappa shape index (κ1) is 16.1. The lowest BCUT2D eigenvalue weighted by Crippen LogP contribution is -2.53. The van der Waals surface area contributed by atoms with Crippen LogP contribution in [0.5, 0.6) is 0 Å². The van der Waals surface area contributed by atoms with E-state index in [-0.39, 0.29) is 17.9 Å². The Morgan fingerprint density at radius 3 is 2.47 bits per heavy atom. The van der Waals surface area contributed by atoms with Crippen LogP contribution < -0.4 is 0 Å². The van der Waals surface area contributed by atoms with Crippen LogP contribution in [0.15, 0.2) is 0 Å². The normalized spacial score (nSPS) is 23.5. The third-order valence-corrected chi connectivity index (χ3v) is 4.18. The summed E-state index contributed by atoms with van der Waals surface area (Å²) in [7, 11) is 0. The molecule has 0 saturated carbocycles. The SMILES string of the molecule is CCN(CC(C)(C)O)C(=O)N1C(C)SCC1C(=O)O. The van der Waals surface area contributed by atoms with Crippen molar-refractivity contribution in [2.24, 2.45) is 0 Å². The van der Waals surface area contributed by atoms with E-state index in [1.54, 1.807) is 13.8 Å². The Hall–Kier alpha value is -0.950. The molecule has 19 heavy (non-hydrogen) atoms. The van der Waals surface area contributed by atoms with Crippen LogP contribution in [-0.2, 0) is 4.79 Å². The summed E-state index contributed by atoms with van der Waals surface area (Å²) in [4.78, 5) is 26.5. The molecule has 2 atom stereocenters. The van der Waals surface area contributed by atoms with Crippen LogP contribution in [0.25, 0.3) is 0 Å². The summed E-state index contributed by atoms with van der Waals surface area (Å²) in [6.07, 6.45) is 0. The maximum Gasteiger partial charge on any atom is 0.327 e. The first-order chi connectivity index (χ1) is 8.67. The van der Waals surface area contributed by atoms with Gasteiger partial charge in [-0.15, -0.1) is 11.8 Å². The summed E-state index contributed by atoms with van der Waals surface area (Å²) in [5.41, 5.74) is -1.000. The summed E-state index contributed by atoms with van der Waals surface area (Å²) >= 11 is 1.45. The molecule has 110 valence electrons. The number of likely N-dealkylation sites (N-methyl/N-ethyl adjacent to an activating group) is 1. The Morgan fingerprint density at radius 2 is 2.05 bits per heavy atom. The standard InChI is InChI=1S/C12H22N2O4S/c1-5-13(7-12(3,4)18)11(17)14-8(2)19-6-9(14)10(15)16/h8-9,18H,5-7H2,1-4H3,(H,15,16). The number of hydrogen-bond donors (Lipinski definition) is 2. The molecule has 0 aromatic carbocycles. The van der Waals surface area contributed by atoms with Crippen molar-refractivity contribution in [3.63, 3.8) is 0 Å². The fraction of sp³-hybridized carbons (Fsp3) is 0.833. The number of nitrogens with zero attached hydrogens (tertiary/aromatic N) is 2. The van der Waals surface area contributed by atoms with E-state index in [1.807, 2.05) is 13.8 Å². The average molecular weight is 290 g/mol. The highest BCUT2D eigenvalue weighted by Crippen LogP contribution is 2.30. The molecule has 1 rings (SSSR count). The smallest absolute Gasteiger partial charge is 0.327 e. The highest BCUT2D eigenvalue weighted by atomic mass is 32.2. The molecular weight excluding hydrogens is 268 g/mol. The van der Waals surface area contributed by atoms with Crippen molar-refractivity contribution in [3.8, 4) is 0 Å². The topological polar surface area (TPSA) is 81.1 Å². The lowest BCUT2D eigenvalue weighted by atomic mass is 10.1. The summed E-state index contributed by atoms with van der Waals surface area (Å²) in [5, 5.41) is 18.8. The van der Waals surface area contributed by atoms with E-state index >= 15 is 0 Å². The minimum absolute atomic E-state index is 0.163. The Morgan fingerprint density at radius 1 is 1.47 bits per heavy atom. The van der Waals surface area contributed by atoms with Crippen molar-refractivity contribution in [2.75, 3.05) is 18.8 Å². The van der Waals surface area contributed by atoms with Gasteiger partial charge in [0.2, 0.25) is 0 Å². The number of carboxylic acids is 1. The average Bonchev–Trinajstić information content (AvgIpc) is 2.66. The molecular formula is C12H22N2O4S. The number of carbonyl (C=O) groups excluding carboxylic acids is 1. The number of amides is 2. The van der Waals surface area contributed by atoms with Crippen LogP contribution in [0.2, 0.25) is 0 Å². The van der Waals surface area contributed by atoms with Gasteiger partial charge in [0.15, 0.2) is 0 Å². The van der Waals surface area contributed by atoms with Gasteiger partial charge in [-0.1, -0.05) is 0 Å². The van der Waals surface area contributed by atoms with Crippen molar-refractivity contribution < 1.29 is 19.8 Å². The molecule has 2 N–H and O–H groups in total. The van der Waals surface area contributed by atoms with Crippen LogP contribution in [0.3, 0.4) is 0 Å². The van der Waals surface area contributed by atoms with Gasteiger partial charge in [0.1, 0.15) is 6.04 Å². The van der Waals surface area contributed by atoms with E-state index in [0.717, 1.165) is 0 Å². The molecule has 2 unspecified atom stereocenters. The molecule has 6 nitrogen and oxygen atoms in total.